The van der Waals surface area contributed by atoms with E-state index in [9.17, 15) is 9.59 Å². The molecule has 1 spiro atoms. The van der Waals surface area contributed by atoms with Gasteiger partial charge in [-0.25, -0.2) is 4.98 Å². The summed E-state index contributed by atoms with van der Waals surface area (Å²) in [6.07, 6.45) is 10.6. The minimum Gasteiger partial charge on any atom is -0.338 e. The van der Waals surface area contributed by atoms with Crippen LogP contribution in [-0.4, -0.2) is 86.3 Å². The van der Waals surface area contributed by atoms with E-state index >= 15 is 0 Å². The number of nitrogens with zero attached hydrogens (tertiary/aromatic N) is 8. The van der Waals surface area contributed by atoms with Crippen LogP contribution in [0.5, 0.6) is 0 Å². The van der Waals surface area contributed by atoms with Crippen molar-refractivity contribution in [2.24, 2.45) is 17.5 Å². The molecule has 2 aromatic carbocycles. The van der Waals surface area contributed by atoms with E-state index in [2.05, 4.69) is 87.6 Å². The molecular weight excluding hydrogens is 624 g/mol. The molecule has 10 heteroatoms. The zero-order valence-electron chi connectivity index (χ0n) is 28.8. The lowest BCUT2D eigenvalue weighted by Gasteiger charge is -2.29. The van der Waals surface area contributed by atoms with E-state index < -0.39 is 5.41 Å². The normalized spacial score (nSPS) is 22.6. The SMILES string of the molecule is Cn1cnc(-c2ccc(C3=CCN(C(=O)CN4CC[C@]5(CCN(c6ccc7c(c6)C(c6ccnc(C8(C)CC8)c6)=NC7)C5=O)C4)CC3)cc2)n1. The van der Waals surface area contributed by atoms with Gasteiger partial charge in [0.1, 0.15) is 6.33 Å². The molecule has 10 nitrogen and oxygen atoms in total. The monoisotopic (exact) mass is 666 g/mol. The molecule has 1 saturated carbocycles. The highest BCUT2D eigenvalue weighted by molar-refractivity contribution is 6.16. The number of benzene rings is 2. The third kappa shape index (κ3) is 5.46. The van der Waals surface area contributed by atoms with Crippen molar-refractivity contribution in [1.29, 1.82) is 0 Å². The summed E-state index contributed by atoms with van der Waals surface area (Å²) in [7, 11) is 1.86. The maximum Gasteiger partial charge on any atom is 0.237 e. The Bertz CT molecular complexity index is 2080. The summed E-state index contributed by atoms with van der Waals surface area (Å²) in [6.45, 7) is 6.70. The number of pyridine rings is 1. The smallest absolute Gasteiger partial charge is 0.237 e. The van der Waals surface area contributed by atoms with Crippen molar-refractivity contribution in [3.63, 3.8) is 0 Å². The first-order valence-electron chi connectivity index (χ1n) is 17.9. The quantitative estimate of drug-likeness (QED) is 0.275. The number of likely N-dealkylation sites (tertiary alicyclic amines) is 1. The number of anilines is 1. The molecule has 50 heavy (non-hydrogen) atoms. The second-order valence-corrected chi connectivity index (χ2v) is 15.1. The number of aromatic nitrogens is 4. The molecule has 5 aliphatic rings. The molecule has 3 fully saturated rings. The Morgan fingerprint density at radius 2 is 1.72 bits per heavy atom. The van der Waals surface area contributed by atoms with Crippen LogP contribution in [0, 0.1) is 5.41 Å². The Labute approximate surface area is 292 Å². The predicted molar refractivity (Wildman–Crippen MR) is 193 cm³/mol. The molecule has 254 valence electrons. The van der Waals surface area contributed by atoms with Crippen molar-refractivity contribution in [2.45, 2.75) is 51.0 Å². The maximum atomic E-state index is 14.1. The fourth-order valence-electron chi connectivity index (χ4n) is 8.23. The van der Waals surface area contributed by atoms with Gasteiger partial charge in [-0.1, -0.05) is 43.3 Å². The summed E-state index contributed by atoms with van der Waals surface area (Å²) in [5, 5.41) is 4.39. The van der Waals surface area contributed by atoms with Crippen molar-refractivity contribution in [2.75, 3.05) is 44.2 Å². The Hall–Kier alpha value is -4.96. The molecule has 0 N–H and O–H groups in total. The Balaban J connectivity index is 0.825. The van der Waals surface area contributed by atoms with Gasteiger partial charge in [0, 0.05) is 72.9 Å². The van der Waals surface area contributed by atoms with Crippen LogP contribution in [0.15, 0.2) is 78.2 Å². The minimum absolute atomic E-state index is 0.136. The zero-order valence-corrected chi connectivity index (χ0v) is 28.8. The van der Waals surface area contributed by atoms with Gasteiger partial charge >= 0.3 is 0 Å². The molecule has 2 aromatic heterocycles. The van der Waals surface area contributed by atoms with Gasteiger partial charge in [-0.2, -0.15) is 5.10 Å². The van der Waals surface area contributed by atoms with Crippen LogP contribution in [0.25, 0.3) is 17.0 Å². The van der Waals surface area contributed by atoms with E-state index in [1.165, 1.54) is 29.5 Å². The first kappa shape index (κ1) is 31.1. The highest BCUT2D eigenvalue weighted by atomic mass is 16.2. The topological polar surface area (TPSA) is 99.8 Å². The predicted octanol–water partition coefficient (Wildman–Crippen LogP) is 5.02. The van der Waals surface area contributed by atoms with E-state index in [0.29, 0.717) is 39.3 Å². The summed E-state index contributed by atoms with van der Waals surface area (Å²) in [5.74, 6) is 1.04. The van der Waals surface area contributed by atoms with Crippen LogP contribution in [0.4, 0.5) is 5.69 Å². The molecule has 2 saturated heterocycles. The Kier molecular flexibility index (Phi) is 7.35. The molecule has 0 unspecified atom stereocenters. The molecule has 6 heterocycles. The summed E-state index contributed by atoms with van der Waals surface area (Å²) >= 11 is 0. The van der Waals surface area contributed by atoms with Crippen LogP contribution in [0.3, 0.4) is 0 Å². The maximum absolute atomic E-state index is 14.1. The van der Waals surface area contributed by atoms with E-state index in [1.54, 1.807) is 11.0 Å². The van der Waals surface area contributed by atoms with Crippen LogP contribution in [0.2, 0.25) is 0 Å². The number of fused-ring (bicyclic) bond motifs is 1. The summed E-state index contributed by atoms with van der Waals surface area (Å²) < 4.78 is 1.70. The molecule has 1 aliphatic carbocycles. The van der Waals surface area contributed by atoms with Crippen molar-refractivity contribution in [1.82, 2.24) is 29.5 Å². The highest BCUT2D eigenvalue weighted by Crippen LogP contribution is 2.47. The lowest BCUT2D eigenvalue weighted by molar-refractivity contribution is -0.132. The van der Waals surface area contributed by atoms with Crippen LogP contribution in [-0.2, 0) is 28.6 Å². The van der Waals surface area contributed by atoms with Crippen molar-refractivity contribution < 1.29 is 9.59 Å². The number of hydrogen-bond donors (Lipinski definition) is 0. The third-order valence-corrected chi connectivity index (χ3v) is 11.7. The van der Waals surface area contributed by atoms with Crippen LogP contribution < -0.4 is 4.90 Å². The van der Waals surface area contributed by atoms with Gasteiger partial charge in [0.2, 0.25) is 11.8 Å². The number of amides is 2. The van der Waals surface area contributed by atoms with Gasteiger partial charge < -0.3 is 9.80 Å². The van der Waals surface area contributed by atoms with E-state index in [4.69, 9.17) is 4.99 Å². The third-order valence-electron chi connectivity index (χ3n) is 11.7. The fourth-order valence-corrected chi connectivity index (χ4v) is 8.23. The zero-order chi connectivity index (χ0) is 34.0. The second kappa shape index (κ2) is 11.8. The van der Waals surface area contributed by atoms with Crippen LogP contribution >= 0.6 is 0 Å². The van der Waals surface area contributed by atoms with E-state index in [0.717, 1.165) is 65.4 Å². The molecule has 0 radical (unpaired) electrons. The second-order valence-electron chi connectivity index (χ2n) is 15.1. The Morgan fingerprint density at radius 1 is 0.900 bits per heavy atom. The molecular formula is C40H42N8O2. The number of carbonyl (C=O) groups is 2. The number of rotatable bonds is 7. The average molecular weight is 667 g/mol. The molecule has 1 atom stereocenters. The number of hydrogen-bond acceptors (Lipinski definition) is 7. The minimum atomic E-state index is -0.429. The molecule has 9 rings (SSSR count). The van der Waals surface area contributed by atoms with Crippen molar-refractivity contribution >= 4 is 28.8 Å². The van der Waals surface area contributed by atoms with Gasteiger partial charge in [0.25, 0.3) is 0 Å². The van der Waals surface area contributed by atoms with Gasteiger partial charge in [0.05, 0.1) is 24.2 Å². The molecule has 2 amide bonds. The van der Waals surface area contributed by atoms with Gasteiger partial charge in [-0.15, -0.1) is 0 Å². The highest BCUT2D eigenvalue weighted by Gasteiger charge is 2.51. The van der Waals surface area contributed by atoms with Crippen molar-refractivity contribution in [3.05, 3.63) is 101 Å². The molecule has 0 bridgehead atoms. The summed E-state index contributed by atoms with van der Waals surface area (Å²) in [4.78, 5) is 47.6. The first-order valence-corrected chi connectivity index (χ1v) is 17.9. The molecule has 4 aromatic rings. The summed E-state index contributed by atoms with van der Waals surface area (Å²) in [6, 6.07) is 19.0. The van der Waals surface area contributed by atoms with Crippen LogP contribution in [0.1, 0.15) is 67.0 Å². The standard InChI is InChI=1S/C40H42N8O2/c1-39(12-13-39)34-21-30(9-16-41-34)36-33-22-32(8-7-31(33)23-42-36)48-20-15-40(38(48)50)14-19-46(25-40)24-35(49)47-17-10-28(11-18-47)27-3-5-29(6-4-27)37-43-26-45(2)44-37/h3-10,16,21-22,26H,11-15,17-20,23-25H2,1-2H3/t40-/m0/s1. The first-order chi connectivity index (χ1) is 24.3. The largest absolute Gasteiger partial charge is 0.338 e. The van der Waals surface area contributed by atoms with E-state index in [1.807, 2.05) is 23.0 Å². The lowest BCUT2D eigenvalue weighted by atomic mass is 9.85. The lowest BCUT2D eigenvalue weighted by Crippen LogP contribution is -2.43. The van der Waals surface area contributed by atoms with Gasteiger partial charge in [-0.3, -0.25) is 29.1 Å². The van der Waals surface area contributed by atoms with E-state index in [-0.39, 0.29) is 17.2 Å². The number of carbonyl (C=O) groups excluding carboxylic acids is 2. The van der Waals surface area contributed by atoms with Gasteiger partial charge in [-0.05, 0) is 79.6 Å². The number of aryl methyl sites for hydroxylation is 1. The van der Waals surface area contributed by atoms with Crippen molar-refractivity contribution in [3.8, 4) is 11.4 Å². The van der Waals surface area contributed by atoms with Gasteiger partial charge in [0.15, 0.2) is 5.82 Å². The summed E-state index contributed by atoms with van der Waals surface area (Å²) in [5.41, 5.74) is 9.68. The fraction of sp³-hybridized carbons (Fsp3) is 0.400. The Morgan fingerprint density at radius 3 is 2.48 bits per heavy atom. The number of aliphatic imine (C=N–C) groups is 1. The molecule has 4 aliphatic heterocycles. The average Bonchev–Trinajstić information content (AvgIpc) is 3.52.